The first kappa shape index (κ1) is 22.2. The van der Waals surface area contributed by atoms with Crippen molar-refractivity contribution in [3.8, 4) is 0 Å². The highest BCUT2D eigenvalue weighted by Crippen LogP contribution is 2.14. The molecule has 0 aliphatic heterocycles. The number of rotatable bonds is 9. The lowest BCUT2D eigenvalue weighted by molar-refractivity contribution is -0.124. The van der Waals surface area contributed by atoms with Gasteiger partial charge in [0.15, 0.2) is 12.3 Å². The van der Waals surface area contributed by atoms with Crippen LogP contribution in [-0.4, -0.2) is 46.0 Å². The number of esters is 1. The number of hydrogen-bond donors (Lipinski definition) is 2. The molecule has 0 unspecified atom stereocenters. The van der Waals surface area contributed by atoms with Crippen molar-refractivity contribution < 1.29 is 19.4 Å². The number of aromatic nitrogens is 2. The fraction of sp³-hybridized carbons (Fsp3) is 0.304. The van der Waals surface area contributed by atoms with Gasteiger partial charge in [-0.05, 0) is 31.4 Å². The van der Waals surface area contributed by atoms with Gasteiger partial charge in [0.2, 0.25) is 0 Å². The normalized spacial score (nSPS) is 11.8. The summed E-state index contributed by atoms with van der Waals surface area (Å²) in [5.74, 6) is -1.23. The molecule has 0 bridgehead atoms. The van der Waals surface area contributed by atoms with Crippen LogP contribution in [0.5, 0.6) is 0 Å². The van der Waals surface area contributed by atoms with Crippen molar-refractivity contribution in [3.05, 3.63) is 76.2 Å². The van der Waals surface area contributed by atoms with Crippen LogP contribution in [0.4, 0.5) is 0 Å². The average Bonchev–Trinajstić information content (AvgIpc) is 2.79. The highest BCUT2D eigenvalue weighted by atomic mass is 16.5. The lowest BCUT2D eigenvalue weighted by Gasteiger charge is -2.14. The zero-order valence-electron chi connectivity index (χ0n) is 17.3. The molecule has 1 atom stereocenters. The van der Waals surface area contributed by atoms with E-state index in [9.17, 15) is 14.4 Å². The summed E-state index contributed by atoms with van der Waals surface area (Å²) in [5, 5.41) is 16.6. The van der Waals surface area contributed by atoms with E-state index in [-0.39, 0.29) is 30.3 Å². The molecular weight excluding hydrogens is 398 g/mol. The monoisotopic (exact) mass is 423 g/mol. The Bertz CT molecular complexity index is 1110. The zero-order valence-corrected chi connectivity index (χ0v) is 17.3. The van der Waals surface area contributed by atoms with Crippen molar-refractivity contribution in [2.75, 3.05) is 13.2 Å². The van der Waals surface area contributed by atoms with E-state index >= 15 is 0 Å². The first-order valence-corrected chi connectivity index (χ1v) is 10.1. The number of aliphatic hydroxyl groups excluding tert-OH is 1. The van der Waals surface area contributed by atoms with Gasteiger partial charge in [-0.1, -0.05) is 48.5 Å². The van der Waals surface area contributed by atoms with Gasteiger partial charge in [0, 0.05) is 11.4 Å². The van der Waals surface area contributed by atoms with Crippen molar-refractivity contribution in [1.82, 2.24) is 15.1 Å². The van der Waals surface area contributed by atoms with Gasteiger partial charge in [0.25, 0.3) is 11.5 Å². The van der Waals surface area contributed by atoms with Crippen LogP contribution >= 0.6 is 0 Å². The second-order valence-corrected chi connectivity index (χ2v) is 7.22. The zero-order chi connectivity index (χ0) is 22.2. The third-order valence-electron chi connectivity index (χ3n) is 4.82. The number of benzene rings is 2. The maximum absolute atomic E-state index is 12.6. The SMILES string of the molecule is C[C@H](CCc1ccccc1)NC(=O)COC(=O)c1nn(CCO)c(=O)c2ccccc12. The van der Waals surface area contributed by atoms with Crippen LogP contribution in [-0.2, 0) is 22.5 Å². The Morgan fingerprint density at radius 1 is 1.10 bits per heavy atom. The lowest BCUT2D eigenvalue weighted by Crippen LogP contribution is -2.36. The highest BCUT2D eigenvalue weighted by molar-refractivity contribution is 6.02. The molecule has 0 spiro atoms. The maximum Gasteiger partial charge on any atom is 0.359 e. The molecule has 31 heavy (non-hydrogen) atoms. The van der Waals surface area contributed by atoms with Crippen LogP contribution in [0, 0.1) is 0 Å². The number of ether oxygens (including phenoxy) is 1. The molecule has 2 N–H and O–H groups in total. The number of amides is 1. The molecule has 0 aliphatic rings. The maximum atomic E-state index is 12.6. The van der Waals surface area contributed by atoms with Crippen molar-refractivity contribution >= 4 is 22.6 Å². The van der Waals surface area contributed by atoms with Gasteiger partial charge < -0.3 is 15.2 Å². The Morgan fingerprint density at radius 3 is 2.48 bits per heavy atom. The molecule has 0 fully saturated rings. The molecule has 1 heterocycles. The van der Waals surface area contributed by atoms with Gasteiger partial charge in [0.05, 0.1) is 18.5 Å². The summed E-state index contributed by atoms with van der Waals surface area (Å²) >= 11 is 0. The van der Waals surface area contributed by atoms with Crippen LogP contribution in [0.2, 0.25) is 0 Å². The molecular formula is C23H25N3O5. The summed E-state index contributed by atoms with van der Waals surface area (Å²) in [7, 11) is 0. The number of carbonyl (C=O) groups excluding carboxylic acids is 2. The summed E-state index contributed by atoms with van der Waals surface area (Å²) in [5.41, 5.74) is 0.700. The van der Waals surface area contributed by atoms with Crippen molar-refractivity contribution in [2.24, 2.45) is 0 Å². The van der Waals surface area contributed by atoms with Crippen molar-refractivity contribution in [2.45, 2.75) is 32.4 Å². The molecule has 1 aromatic heterocycles. The topological polar surface area (TPSA) is 111 Å². The Labute approximate surface area is 179 Å². The van der Waals surface area contributed by atoms with E-state index in [0.717, 1.165) is 17.5 Å². The second kappa shape index (κ2) is 10.5. The fourth-order valence-electron chi connectivity index (χ4n) is 3.25. The third kappa shape index (κ3) is 5.76. The Hall–Kier alpha value is -3.52. The first-order chi connectivity index (χ1) is 15.0. The molecule has 0 saturated carbocycles. The van der Waals surface area contributed by atoms with Gasteiger partial charge >= 0.3 is 5.97 Å². The van der Waals surface area contributed by atoms with Crippen LogP contribution < -0.4 is 10.9 Å². The van der Waals surface area contributed by atoms with E-state index in [1.54, 1.807) is 24.3 Å². The molecule has 8 nitrogen and oxygen atoms in total. The number of nitrogens with zero attached hydrogens (tertiary/aromatic N) is 2. The molecule has 0 aliphatic carbocycles. The van der Waals surface area contributed by atoms with Crippen LogP contribution in [0.3, 0.4) is 0 Å². The van der Waals surface area contributed by atoms with Crippen LogP contribution in [0.15, 0.2) is 59.4 Å². The molecule has 0 saturated heterocycles. The van der Waals surface area contributed by atoms with Crippen molar-refractivity contribution in [1.29, 1.82) is 0 Å². The Kier molecular flexibility index (Phi) is 7.50. The molecule has 3 rings (SSSR count). The lowest BCUT2D eigenvalue weighted by atomic mass is 10.1. The molecule has 1 amide bonds. The van der Waals surface area contributed by atoms with Gasteiger partial charge in [-0.15, -0.1) is 0 Å². The largest absolute Gasteiger partial charge is 0.451 e. The smallest absolute Gasteiger partial charge is 0.359 e. The molecule has 162 valence electrons. The van der Waals surface area contributed by atoms with Gasteiger partial charge in [-0.3, -0.25) is 9.59 Å². The fourth-order valence-corrected chi connectivity index (χ4v) is 3.25. The molecule has 0 radical (unpaired) electrons. The molecule has 2 aromatic carbocycles. The predicted molar refractivity (Wildman–Crippen MR) is 116 cm³/mol. The predicted octanol–water partition coefficient (Wildman–Crippen LogP) is 1.68. The number of fused-ring (bicyclic) bond motifs is 1. The minimum Gasteiger partial charge on any atom is -0.451 e. The van der Waals surface area contributed by atoms with E-state index in [1.165, 1.54) is 5.56 Å². The minimum atomic E-state index is -0.810. The molecule has 8 heteroatoms. The van der Waals surface area contributed by atoms with E-state index in [0.29, 0.717) is 5.39 Å². The average molecular weight is 423 g/mol. The summed E-state index contributed by atoms with van der Waals surface area (Å²) in [6, 6.07) is 16.4. The Morgan fingerprint density at radius 2 is 1.77 bits per heavy atom. The quantitative estimate of drug-likeness (QED) is 0.507. The summed E-state index contributed by atoms with van der Waals surface area (Å²) in [4.78, 5) is 37.2. The van der Waals surface area contributed by atoms with Gasteiger partial charge in [-0.25, -0.2) is 9.48 Å². The number of hydrogen-bond acceptors (Lipinski definition) is 6. The molecule has 3 aromatic rings. The first-order valence-electron chi connectivity index (χ1n) is 10.1. The number of aliphatic hydroxyl groups is 1. The number of carbonyl (C=O) groups is 2. The Balaban J connectivity index is 1.61. The number of nitrogens with one attached hydrogen (secondary N) is 1. The second-order valence-electron chi connectivity index (χ2n) is 7.22. The van der Waals surface area contributed by atoms with Gasteiger partial charge in [-0.2, -0.15) is 5.10 Å². The van der Waals surface area contributed by atoms with E-state index < -0.39 is 24.0 Å². The number of aryl methyl sites for hydroxylation is 1. The van der Waals surface area contributed by atoms with Crippen molar-refractivity contribution in [3.63, 3.8) is 0 Å². The van der Waals surface area contributed by atoms with E-state index in [1.807, 2.05) is 37.3 Å². The van der Waals surface area contributed by atoms with Gasteiger partial charge in [0.1, 0.15) is 0 Å². The highest BCUT2D eigenvalue weighted by Gasteiger charge is 2.19. The summed E-state index contributed by atoms with van der Waals surface area (Å²) in [6.07, 6.45) is 1.58. The summed E-state index contributed by atoms with van der Waals surface area (Å²) < 4.78 is 6.16. The van der Waals surface area contributed by atoms with Crippen LogP contribution in [0.25, 0.3) is 10.8 Å². The summed E-state index contributed by atoms with van der Waals surface area (Å²) in [6.45, 7) is 1.08. The van der Waals surface area contributed by atoms with E-state index in [4.69, 9.17) is 9.84 Å². The third-order valence-corrected chi connectivity index (χ3v) is 4.82. The standard InChI is InChI=1S/C23H25N3O5/c1-16(11-12-17-7-3-2-4-8-17)24-20(28)15-31-23(30)21-18-9-5-6-10-19(18)22(29)26(25-21)13-14-27/h2-10,16,27H,11-15H2,1H3,(H,24,28)/t16-/m1/s1. The van der Waals surface area contributed by atoms with E-state index in [2.05, 4.69) is 10.4 Å². The minimum absolute atomic E-state index is 0.0522. The van der Waals surface area contributed by atoms with Crippen LogP contribution in [0.1, 0.15) is 29.4 Å².